The van der Waals surface area contributed by atoms with E-state index in [1.54, 1.807) is 0 Å². The number of rotatable bonds is 5. The molecular weight excluding hydrogens is 415 g/mol. The molecule has 3 aliphatic rings. The van der Waals surface area contributed by atoms with Gasteiger partial charge in [-0.15, -0.1) is 24.0 Å². The van der Waals surface area contributed by atoms with Gasteiger partial charge in [-0.2, -0.15) is 0 Å². The molecule has 2 N–H and O–H groups in total. The smallest absolute Gasteiger partial charge is 0.191 e. The predicted molar refractivity (Wildman–Crippen MR) is 110 cm³/mol. The SMILES string of the molecule is CCNC(=NCC(C)N1CCC(C)CC1)NC1CC2CCC1O2.I. The van der Waals surface area contributed by atoms with Gasteiger partial charge < -0.3 is 15.4 Å². The zero-order valence-electron chi connectivity index (χ0n) is 15.5. The number of likely N-dealkylation sites (tertiary alicyclic amines) is 1. The first-order valence-corrected chi connectivity index (χ1v) is 9.60. The van der Waals surface area contributed by atoms with Crippen molar-refractivity contribution in [1.29, 1.82) is 0 Å². The number of nitrogens with zero attached hydrogens (tertiary/aromatic N) is 2. The second kappa shape index (κ2) is 9.57. The van der Waals surface area contributed by atoms with Crippen LogP contribution in [-0.2, 0) is 4.74 Å². The minimum atomic E-state index is 0. The van der Waals surface area contributed by atoms with Crippen LogP contribution in [0.5, 0.6) is 0 Å². The minimum Gasteiger partial charge on any atom is -0.373 e. The van der Waals surface area contributed by atoms with Gasteiger partial charge in [0.25, 0.3) is 0 Å². The molecule has 0 amide bonds. The molecule has 4 unspecified atom stereocenters. The third-order valence-corrected chi connectivity index (χ3v) is 5.73. The summed E-state index contributed by atoms with van der Waals surface area (Å²) in [6, 6.07) is 0.965. The first-order chi connectivity index (χ1) is 11.2. The van der Waals surface area contributed by atoms with E-state index in [1.165, 1.54) is 38.8 Å². The molecule has 0 aliphatic carbocycles. The van der Waals surface area contributed by atoms with Crippen molar-refractivity contribution in [3.8, 4) is 0 Å². The lowest BCUT2D eigenvalue weighted by molar-refractivity contribution is 0.0992. The highest BCUT2D eigenvalue weighted by Gasteiger charge is 2.41. The average molecular weight is 450 g/mol. The Morgan fingerprint density at radius 1 is 1.25 bits per heavy atom. The number of hydrogen-bond donors (Lipinski definition) is 2. The monoisotopic (exact) mass is 450 g/mol. The van der Waals surface area contributed by atoms with Crippen LogP contribution in [0.2, 0.25) is 0 Å². The van der Waals surface area contributed by atoms with E-state index in [1.807, 2.05) is 0 Å². The van der Waals surface area contributed by atoms with Crippen molar-refractivity contribution in [2.75, 3.05) is 26.2 Å². The highest BCUT2D eigenvalue weighted by Crippen LogP contribution is 2.34. The quantitative estimate of drug-likeness (QED) is 0.384. The van der Waals surface area contributed by atoms with E-state index in [0.717, 1.165) is 31.4 Å². The van der Waals surface area contributed by atoms with Gasteiger partial charge in [0.05, 0.1) is 24.8 Å². The minimum absolute atomic E-state index is 0. The van der Waals surface area contributed by atoms with Gasteiger partial charge in [0.2, 0.25) is 0 Å². The molecule has 0 spiro atoms. The fourth-order valence-corrected chi connectivity index (χ4v) is 4.09. The molecule has 3 heterocycles. The number of guanidine groups is 1. The summed E-state index contributed by atoms with van der Waals surface area (Å²) in [5.74, 6) is 1.85. The molecule has 0 aromatic rings. The molecule has 0 aromatic heterocycles. The third kappa shape index (κ3) is 5.21. The summed E-state index contributed by atoms with van der Waals surface area (Å²) in [5.41, 5.74) is 0. The fourth-order valence-electron chi connectivity index (χ4n) is 4.09. The van der Waals surface area contributed by atoms with Crippen LogP contribution >= 0.6 is 24.0 Å². The largest absolute Gasteiger partial charge is 0.373 e. The van der Waals surface area contributed by atoms with Gasteiger partial charge in [-0.1, -0.05) is 6.92 Å². The zero-order valence-corrected chi connectivity index (χ0v) is 17.8. The van der Waals surface area contributed by atoms with Gasteiger partial charge in [0.15, 0.2) is 5.96 Å². The molecule has 0 aromatic carbocycles. The lowest BCUT2D eigenvalue weighted by atomic mass is 9.96. The maximum Gasteiger partial charge on any atom is 0.191 e. The maximum atomic E-state index is 5.94. The number of nitrogens with one attached hydrogen (secondary N) is 2. The summed E-state index contributed by atoms with van der Waals surface area (Å²) in [6.45, 7) is 11.0. The van der Waals surface area contributed by atoms with Crippen LogP contribution < -0.4 is 10.6 Å². The number of hydrogen-bond acceptors (Lipinski definition) is 3. The van der Waals surface area contributed by atoms with E-state index >= 15 is 0 Å². The molecule has 3 fully saturated rings. The second-order valence-corrected chi connectivity index (χ2v) is 7.65. The van der Waals surface area contributed by atoms with Gasteiger partial charge in [-0.3, -0.25) is 9.89 Å². The number of fused-ring (bicyclic) bond motifs is 2. The van der Waals surface area contributed by atoms with E-state index in [-0.39, 0.29) is 24.0 Å². The fraction of sp³-hybridized carbons (Fsp3) is 0.944. The lowest BCUT2D eigenvalue weighted by Gasteiger charge is -2.34. The molecule has 3 saturated heterocycles. The highest BCUT2D eigenvalue weighted by atomic mass is 127. The Hall–Kier alpha value is -0.0800. The van der Waals surface area contributed by atoms with Gasteiger partial charge >= 0.3 is 0 Å². The van der Waals surface area contributed by atoms with Gasteiger partial charge in [0.1, 0.15) is 0 Å². The van der Waals surface area contributed by atoms with Crippen LogP contribution in [0.3, 0.4) is 0 Å². The summed E-state index contributed by atoms with van der Waals surface area (Å²) < 4.78 is 5.94. The second-order valence-electron chi connectivity index (χ2n) is 7.65. The molecule has 3 rings (SSSR count). The molecule has 2 bridgehead atoms. The van der Waals surface area contributed by atoms with Gasteiger partial charge in [0, 0.05) is 12.6 Å². The molecule has 6 heteroatoms. The topological polar surface area (TPSA) is 48.9 Å². The first kappa shape index (κ1) is 20.2. The summed E-state index contributed by atoms with van der Waals surface area (Å²) in [7, 11) is 0. The molecule has 5 nitrogen and oxygen atoms in total. The van der Waals surface area contributed by atoms with Crippen molar-refractivity contribution in [3.05, 3.63) is 0 Å². The lowest BCUT2D eigenvalue weighted by Crippen LogP contribution is -2.48. The van der Waals surface area contributed by atoms with Crippen molar-refractivity contribution in [2.45, 2.75) is 77.2 Å². The van der Waals surface area contributed by atoms with Crippen molar-refractivity contribution in [2.24, 2.45) is 10.9 Å². The molecule has 24 heavy (non-hydrogen) atoms. The number of ether oxygens (including phenoxy) is 1. The molecule has 0 radical (unpaired) electrons. The van der Waals surface area contributed by atoms with Crippen LogP contribution in [0, 0.1) is 5.92 Å². The zero-order chi connectivity index (χ0) is 16.2. The van der Waals surface area contributed by atoms with Crippen molar-refractivity contribution in [1.82, 2.24) is 15.5 Å². The first-order valence-electron chi connectivity index (χ1n) is 9.60. The van der Waals surface area contributed by atoms with Crippen LogP contribution in [0.15, 0.2) is 4.99 Å². The van der Waals surface area contributed by atoms with Crippen molar-refractivity contribution in [3.63, 3.8) is 0 Å². The number of aliphatic imine (C=N–C) groups is 1. The Morgan fingerprint density at radius 3 is 2.58 bits per heavy atom. The predicted octanol–water partition coefficient (Wildman–Crippen LogP) is 2.60. The van der Waals surface area contributed by atoms with E-state index in [2.05, 4.69) is 36.3 Å². The summed E-state index contributed by atoms with van der Waals surface area (Å²) in [5, 5.41) is 7.01. The molecule has 3 aliphatic heterocycles. The van der Waals surface area contributed by atoms with E-state index in [0.29, 0.717) is 24.3 Å². The van der Waals surface area contributed by atoms with Crippen LogP contribution in [0.25, 0.3) is 0 Å². The maximum absolute atomic E-state index is 5.94. The molecule has 4 atom stereocenters. The van der Waals surface area contributed by atoms with E-state index in [9.17, 15) is 0 Å². The normalized spacial score (nSPS) is 32.5. The Labute approximate surface area is 164 Å². The average Bonchev–Trinajstić information content (AvgIpc) is 3.16. The van der Waals surface area contributed by atoms with Crippen LogP contribution in [0.1, 0.15) is 52.9 Å². The Bertz CT molecular complexity index is 412. The van der Waals surface area contributed by atoms with Crippen molar-refractivity contribution < 1.29 is 4.74 Å². The molecule has 140 valence electrons. The summed E-state index contributed by atoms with van der Waals surface area (Å²) >= 11 is 0. The number of piperidine rings is 1. The Balaban J connectivity index is 0.00000208. The van der Waals surface area contributed by atoms with Crippen LogP contribution in [0.4, 0.5) is 0 Å². The molecular formula is C18H35IN4O. The Kier molecular flexibility index (Phi) is 8.07. The highest BCUT2D eigenvalue weighted by molar-refractivity contribution is 14.0. The van der Waals surface area contributed by atoms with Crippen molar-refractivity contribution >= 4 is 29.9 Å². The summed E-state index contributed by atoms with van der Waals surface area (Å²) in [6.07, 6.45) is 7.10. The van der Waals surface area contributed by atoms with Gasteiger partial charge in [-0.25, -0.2) is 0 Å². The Morgan fingerprint density at radius 2 is 2.00 bits per heavy atom. The standard InChI is InChI=1S/C18H34N4O.HI/c1-4-19-18(21-16-11-15-5-6-17(16)23-15)20-12-14(3)22-9-7-13(2)8-10-22;/h13-17H,4-12H2,1-3H3,(H2,19,20,21);1H. The van der Waals surface area contributed by atoms with E-state index in [4.69, 9.17) is 9.73 Å². The molecule has 0 saturated carbocycles. The third-order valence-electron chi connectivity index (χ3n) is 5.73. The van der Waals surface area contributed by atoms with E-state index < -0.39 is 0 Å². The van der Waals surface area contributed by atoms with Crippen LogP contribution in [-0.4, -0.2) is 61.3 Å². The summed E-state index contributed by atoms with van der Waals surface area (Å²) in [4.78, 5) is 7.44. The van der Waals surface area contributed by atoms with Gasteiger partial charge in [-0.05, 0) is 65.0 Å². The number of halogens is 1.